The standard InChI is InChI=1S/C20H27N3O3S2/c1-4-14-6-7-16(5-2)17(10-14)18(24)12-27-20-22-21-19(23(20)3)11-15-8-9-28(25,26)13-15/h6-7,10,15H,4-5,8-9,11-13H2,1-3H3. The van der Waals surface area contributed by atoms with Gasteiger partial charge in [-0.3, -0.25) is 4.79 Å². The molecule has 1 aromatic carbocycles. The first-order valence-electron chi connectivity index (χ1n) is 9.69. The van der Waals surface area contributed by atoms with Crippen LogP contribution in [0.5, 0.6) is 0 Å². The smallest absolute Gasteiger partial charge is 0.191 e. The maximum atomic E-state index is 12.8. The van der Waals surface area contributed by atoms with Crippen LogP contribution in [-0.2, 0) is 36.1 Å². The fraction of sp³-hybridized carbons (Fsp3) is 0.550. The van der Waals surface area contributed by atoms with Crippen LogP contribution >= 0.6 is 11.8 Å². The van der Waals surface area contributed by atoms with Gasteiger partial charge in [0.2, 0.25) is 0 Å². The predicted molar refractivity (Wildman–Crippen MR) is 112 cm³/mol. The van der Waals surface area contributed by atoms with Crippen LogP contribution in [0.4, 0.5) is 0 Å². The first kappa shape index (κ1) is 21.0. The summed E-state index contributed by atoms with van der Waals surface area (Å²) in [6, 6.07) is 6.14. The van der Waals surface area contributed by atoms with Gasteiger partial charge in [-0.1, -0.05) is 37.7 Å². The van der Waals surface area contributed by atoms with Crippen LogP contribution in [0, 0.1) is 5.92 Å². The van der Waals surface area contributed by atoms with E-state index < -0.39 is 9.84 Å². The van der Waals surface area contributed by atoms with Gasteiger partial charge in [-0.2, -0.15) is 0 Å². The van der Waals surface area contributed by atoms with E-state index in [1.165, 1.54) is 11.8 Å². The Balaban J connectivity index is 1.65. The highest BCUT2D eigenvalue weighted by molar-refractivity contribution is 7.99. The molecule has 1 aliphatic heterocycles. The molecular formula is C20H27N3O3S2. The molecule has 1 fully saturated rings. The maximum Gasteiger partial charge on any atom is 0.191 e. The predicted octanol–water partition coefficient (Wildman–Crippen LogP) is 2.89. The first-order valence-corrected chi connectivity index (χ1v) is 12.5. The van der Waals surface area contributed by atoms with Crippen LogP contribution in [0.3, 0.4) is 0 Å². The van der Waals surface area contributed by atoms with Crippen LogP contribution in [0.1, 0.15) is 47.6 Å². The van der Waals surface area contributed by atoms with E-state index in [9.17, 15) is 13.2 Å². The molecule has 0 saturated carbocycles. The Morgan fingerprint density at radius 3 is 2.68 bits per heavy atom. The summed E-state index contributed by atoms with van der Waals surface area (Å²) in [7, 11) is -1.02. The third-order valence-electron chi connectivity index (χ3n) is 5.32. The Labute approximate surface area is 171 Å². The molecule has 0 aliphatic carbocycles. The van der Waals surface area contributed by atoms with E-state index >= 15 is 0 Å². The van der Waals surface area contributed by atoms with Crippen LogP contribution in [0.15, 0.2) is 23.4 Å². The molecule has 0 N–H and O–H groups in total. The zero-order valence-electron chi connectivity index (χ0n) is 16.6. The van der Waals surface area contributed by atoms with E-state index in [1.807, 2.05) is 23.7 Å². The van der Waals surface area contributed by atoms with Crippen molar-refractivity contribution < 1.29 is 13.2 Å². The van der Waals surface area contributed by atoms with E-state index in [0.29, 0.717) is 23.8 Å². The molecule has 1 aromatic heterocycles. The van der Waals surface area contributed by atoms with Gasteiger partial charge in [-0.15, -0.1) is 10.2 Å². The topological polar surface area (TPSA) is 81.9 Å². The van der Waals surface area contributed by atoms with E-state index in [4.69, 9.17) is 0 Å². The van der Waals surface area contributed by atoms with Crippen molar-refractivity contribution in [3.05, 3.63) is 40.7 Å². The van der Waals surface area contributed by atoms with Crippen molar-refractivity contribution >= 4 is 27.4 Å². The Bertz CT molecular complexity index is 967. The second-order valence-corrected chi connectivity index (χ2v) is 10.5. The van der Waals surface area contributed by atoms with Crippen LogP contribution in [0.25, 0.3) is 0 Å². The quantitative estimate of drug-likeness (QED) is 0.481. The number of nitrogens with zero attached hydrogens (tertiary/aromatic N) is 3. The maximum absolute atomic E-state index is 12.8. The van der Waals surface area contributed by atoms with E-state index in [1.54, 1.807) is 0 Å². The summed E-state index contributed by atoms with van der Waals surface area (Å²) in [4.78, 5) is 12.8. The molecule has 0 amide bonds. The number of aryl methyl sites for hydroxylation is 2. The summed E-state index contributed by atoms with van der Waals surface area (Å²) < 4.78 is 25.2. The molecule has 3 rings (SSSR count). The SMILES string of the molecule is CCc1ccc(CC)c(C(=O)CSc2nnc(CC3CCS(=O)(=O)C3)n2C)c1. The lowest BCUT2D eigenvalue weighted by Gasteiger charge is -2.10. The van der Waals surface area contributed by atoms with Gasteiger partial charge in [0.05, 0.1) is 17.3 Å². The normalized spacial score (nSPS) is 18.5. The highest BCUT2D eigenvalue weighted by Crippen LogP contribution is 2.24. The molecule has 1 aliphatic rings. The molecular weight excluding hydrogens is 394 g/mol. The minimum absolute atomic E-state index is 0.101. The number of hydrogen-bond donors (Lipinski definition) is 0. The number of carbonyl (C=O) groups excluding carboxylic acids is 1. The number of benzene rings is 1. The third kappa shape index (κ3) is 4.84. The molecule has 2 heterocycles. The van der Waals surface area contributed by atoms with Crippen molar-refractivity contribution in [1.82, 2.24) is 14.8 Å². The number of carbonyl (C=O) groups is 1. The third-order valence-corrected chi connectivity index (χ3v) is 8.18. The first-order chi connectivity index (χ1) is 13.3. The van der Waals surface area contributed by atoms with Gasteiger partial charge in [-0.05, 0) is 42.4 Å². The fourth-order valence-electron chi connectivity index (χ4n) is 3.56. The molecule has 0 spiro atoms. The highest BCUT2D eigenvalue weighted by Gasteiger charge is 2.29. The number of Topliss-reactive ketones (excluding diaryl/α,β-unsaturated/α-hetero) is 1. The zero-order valence-corrected chi connectivity index (χ0v) is 18.3. The summed E-state index contributed by atoms with van der Waals surface area (Å²) >= 11 is 1.38. The van der Waals surface area contributed by atoms with Crippen LogP contribution in [-0.4, -0.2) is 46.2 Å². The minimum Gasteiger partial charge on any atom is -0.309 e. The van der Waals surface area contributed by atoms with Crippen molar-refractivity contribution in [2.45, 2.75) is 44.7 Å². The highest BCUT2D eigenvalue weighted by atomic mass is 32.2. The molecule has 1 saturated heterocycles. The molecule has 0 radical (unpaired) electrons. The summed E-state index contributed by atoms with van der Waals surface area (Å²) in [5.41, 5.74) is 3.04. The molecule has 1 atom stereocenters. The van der Waals surface area contributed by atoms with Crippen molar-refractivity contribution in [3.63, 3.8) is 0 Å². The van der Waals surface area contributed by atoms with Crippen molar-refractivity contribution in [1.29, 1.82) is 0 Å². The summed E-state index contributed by atoms with van der Waals surface area (Å²) in [5.74, 6) is 1.79. The van der Waals surface area contributed by atoms with Gasteiger partial charge in [0.1, 0.15) is 5.82 Å². The van der Waals surface area contributed by atoms with Gasteiger partial charge in [0.15, 0.2) is 20.8 Å². The van der Waals surface area contributed by atoms with Crippen LogP contribution < -0.4 is 0 Å². The molecule has 6 nitrogen and oxygen atoms in total. The zero-order chi connectivity index (χ0) is 20.3. The van der Waals surface area contributed by atoms with Gasteiger partial charge in [0, 0.05) is 19.0 Å². The molecule has 152 valence electrons. The van der Waals surface area contributed by atoms with E-state index in [2.05, 4.69) is 30.1 Å². The molecule has 0 bridgehead atoms. The van der Waals surface area contributed by atoms with E-state index in [0.717, 1.165) is 35.4 Å². The summed E-state index contributed by atoms with van der Waals surface area (Å²) in [6.45, 7) is 4.14. The lowest BCUT2D eigenvalue weighted by Crippen LogP contribution is -2.11. The Kier molecular flexibility index (Phi) is 6.60. The summed E-state index contributed by atoms with van der Waals surface area (Å²) in [5, 5.41) is 9.12. The second-order valence-electron chi connectivity index (χ2n) is 7.34. The summed E-state index contributed by atoms with van der Waals surface area (Å²) in [6.07, 6.45) is 3.02. The molecule has 1 unspecified atom stereocenters. The molecule has 8 heteroatoms. The lowest BCUT2D eigenvalue weighted by molar-refractivity contribution is 0.102. The number of sulfone groups is 1. The largest absolute Gasteiger partial charge is 0.309 e. The van der Waals surface area contributed by atoms with E-state index in [-0.39, 0.29) is 23.2 Å². The van der Waals surface area contributed by atoms with Gasteiger partial charge in [0.25, 0.3) is 0 Å². The Morgan fingerprint density at radius 2 is 2.04 bits per heavy atom. The van der Waals surface area contributed by atoms with Crippen molar-refractivity contribution in [3.8, 4) is 0 Å². The Hall–Kier alpha value is -1.67. The number of hydrogen-bond acceptors (Lipinski definition) is 6. The van der Waals surface area contributed by atoms with Gasteiger partial charge < -0.3 is 4.57 Å². The van der Waals surface area contributed by atoms with Crippen LogP contribution in [0.2, 0.25) is 0 Å². The number of thioether (sulfide) groups is 1. The fourth-order valence-corrected chi connectivity index (χ4v) is 6.23. The van der Waals surface area contributed by atoms with Gasteiger partial charge >= 0.3 is 0 Å². The van der Waals surface area contributed by atoms with Gasteiger partial charge in [-0.25, -0.2) is 8.42 Å². The number of aromatic nitrogens is 3. The van der Waals surface area contributed by atoms with Crippen molar-refractivity contribution in [2.24, 2.45) is 13.0 Å². The lowest BCUT2D eigenvalue weighted by atomic mass is 9.98. The minimum atomic E-state index is -2.89. The second kappa shape index (κ2) is 8.78. The van der Waals surface area contributed by atoms with Crippen molar-refractivity contribution in [2.75, 3.05) is 17.3 Å². The number of rotatable bonds is 8. The number of ketones is 1. The molecule has 28 heavy (non-hydrogen) atoms. The Morgan fingerprint density at radius 1 is 1.25 bits per heavy atom. The monoisotopic (exact) mass is 421 g/mol. The average molecular weight is 422 g/mol. The molecule has 2 aromatic rings. The average Bonchev–Trinajstić information content (AvgIpc) is 3.21.